The van der Waals surface area contributed by atoms with Crippen LogP contribution < -0.4 is 15.8 Å². The van der Waals surface area contributed by atoms with E-state index in [0.29, 0.717) is 29.5 Å². The zero-order valence-electron chi connectivity index (χ0n) is 11.0. The van der Waals surface area contributed by atoms with Crippen LogP contribution in [0.25, 0.3) is 0 Å². The summed E-state index contributed by atoms with van der Waals surface area (Å²) in [5, 5.41) is 3.54. The predicted molar refractivity (Wildman–Crippen MR) is 82.9 cm³/mol. The molecule has 5 nitrogen and oxygen atoms in total. The van der Waals surface area contributed by atoms with Crippen LogP contribution in [-0.2, 0) is 0 Å². The van der Waals surface area contributed by atoms with Gasteiger partial charge in [0.25, 0.3) is 5.91 Å². The fourth-order valence-corrected chi connectivity index (χ4v) is 1.91. The number of nitrogens with two attached hydrogens (primary N) is 1. The summed E-state index contributed by atoms with van der Waals surface area (Å²) in [5.74, 6) is 0.547. The molecule has 0 unspecified atom stereocenters. The van der Waals surface area contributed by atoms with Gasteiger partial charge in [0.1, 0.15) is 18.2 Å². The van der Waals surface area contributed by atoms with Gasteiger partial charge in [-0.2, -0.15) is 0 Å². The molecule has 1 amide bonds. The number of nitrogens with zero attached hydrogens (tertiary/aromatic N) is 1. The van der Waals surface area contributed by atoms with Crippen LogP contribution in [0.5, 0.6) is 5.75 Å². The van der Waals surface area contributed by atoms with Gasteiger partial charge in [0.15, 0.2) is 0 Å². The number of ether oxygens (including phenoxy) is 1. The van der Waals surface area contributed by atoms with Crippen molar-refractivity contribution in [2.24, 2.45) is 0 Å². The Balaban J connectivity index is 1.80. The first-order valence-corrected chi connectivity index (χ1v) is 6.89. The van der Waals surface area contributed by atoms with Crippen LogP contribution in [0.4, 0.5) is 5.82 Å². The first-order valence-electron chi connectivity index (χ1n) is 6.14. The van der Waals surface area contributed by atoms with Crippen molar-refractivity contribution < 1.29 is 9.53 Å². The molecule has 0 saturated carbocycles. The van der Waals surface area contributed by atoms with Crippen molar-refractivity contribution in [2.45, 2.75) is 0 Å². The second-order valence-corrected chi connectivity index (χ2v) is 5.00. The van der Waals surface area contributed by atoms with E-state index in [4.69, 9.17) is 33.7 Å². The van der Waals surface area contributed by atoms with E-state index in [-0.39, 0.29) is 16.7 Å². The molecule has 0 aliphatic heterocycles. The number of aromatic nitrogens is 1. The number of anilines is 1. The number of halogens is 2. The summed E-state index contributed by atoms with van der Waals surface area (Å²) in [7, 11) is 0. The first kappa shape index (κ1) is 15.4. The molecule has 0 spiro atoms. The second kappa shape index (κ2) is 7.15. The molecule has 2 aromatic rings. The number of benzene rings is 1. The number of rotatable bonds is 5. The lowest BCUT2D eigenvalue weighted by molar-refractivity contribution is 0.0946. The highest BCUT2D eigenvalue weighted by atomic mass is 35.5. The summed E-state index contributed by atoms with van der Waals surface area (Å²) in [6.45, 7) is 0.662. The third-order valence-corrected chi connectivity index (χ3v) is 3.12. The third kappa shape index (κ3) is 4.51. The number of hydrogen-bond acceptors (Lipinski definition) is 4. The molecule has 7 heteroatoms. The van der Waals surface area contributed by atoms with E-state index < -0.39 is 0 Å². The van der Waals surface area contributed by atoms with Gasteiger partial charge in [0.2, 0.25) is 0 Å². The van der Waals surface area contributed by atoms with Crippen molar-refractivity contribution in [3.63, 3.8) is 0 Å². The quantitative estimate of drug-likeness (QED) is 0.828. The van der Waals surface area contributed by atoms with E-state index in [1.54, 1.807) is 24.3 Å². The van der Waals surface area contributed by atoms with Crippen LogP contribution in [0.1, 0.15) is 10.4 Å². The van der Waals surface area contributed by atoms with Crippen molar-refractivity contribution in [1.29, 1.82) is 0 Å². The minimum absolute atomic E-state index is 0.192. The molecule has 0 aliphatic carbocycles. The monoisotopic (exact) mass is 325 g/mol. The van der Waals surface area contributed by atoms with Crippen LogP contribution >= 0.6 is 23.2 Å². The van der Waals surface area contributed by atoms with Gasteiger partial charge in [0, 0.05) is 11.2 Å². The molecular weight excluding hydrogens is 313 g/mol. The molecule has 0 atom stereocenters. The average Bonchev–Trinajstić information content (AvgIpc) is 2.46. The highest BCUT2D eigenvalue weighted by molar-refractivity contribution is 6.33. The second-order valence-electron chi connectivity index (χ2n) is 4.15. The van der Waals surface area contributed by atoms with Crippen molar-refractivity contribution in [1.82, 2.24) is 10.3 Å². The molecule has 2 rings (SSSR count). The first-order chi connectivity index (χ1) is 10.1. The molecule has 0 radical (unpaired) electrons. The van der Waals surface area contributed by atoms with E-state index in [0.717, 1.165) is 0 Å². The minimum Gasteiger partial charge on any atom is -0.492 e. The summed E-state index contributed by atoms with van der Waals surface area (Å²) < 4.78 is 5.46. The molecule has 0 bridgehead atoms. The van der Waals surface area contributed by atoms with Crippen molar-refractivity contribution in [3.8, 4) is 5.75 Å². The Kier molecular flexibility index (Phi) is 5.25. The lowest BCUT2D eigenvalue weighted by Gasteiger charge is -2.08. The summed E-state index contributed by atoms with van der Waals surface area (Å²) in [6.07, 6.45) is 1.37. The zero-order valence-corrected chi connectivity index (χ0v) is 12.5. The highest BCUT2D eigenvalue weighted by Gasteiger charge is 2.08. The number of nitrogen functional groups attached to an aromatic ring is 1. The maximum Gasteiger partial charge on any atom is 0.253 e. The maximum absolute atomic E-state index is 11.8. The molecule has 0 aliphatic rings. The van der Waals surface area contributed by atoms with Crippen molar-refractivity contribution >= 4 is 34.9 Å². The van der Waals surface area contributed by atoms with E-state index in [2.05, 4.69) is 10.3 Å². The lowest BCUT2D eigenvalue weighted by atomic mass is 10.2. The van der Waals surface area contributed by atoms with Crippen LogP contribution in [-0.4, -0.2) is 24.0 Å². The van der Waals surface area contributed by atoms with Crippen molar-refractivity contribution in [3.05, 3.63) is 52.1 Å². The summed E-state index contributed by atoms with van der Waals surface area (Å²) in [4.78, 5) is 15.7. The van der Waals surface area contributed by atoms with E-state index in [1.165, 1.54) is 12.3 Å². The average molecular weight is 326 g/mol. The Morgan fingerprint density at radius 1 is 1.33 bits per heavy atom. The molecular formula is C14H13Cl2N3O2. The van der Waals surface area contributed by atoms with Gasteiger partial charge in [-0.25, -0.2) is 4.98 Å². The molecule has 0 fully saturated rings. The van der Waals surface area contributed by atoms with Gasteiger partial charge in [-0.3, -0.25) is 4.79 Å². The van der Waals surface area contributed by atoms with E-state index >= 15 is 0 Å². The van der Waals surface area contributed by atoms with Gasteiger partial charge < -0.3 is 15.8 Å². The van der Waals surface area contributed by atoms with Crippen LogP contribution in [0, 0.1) is 0 Å². The normalized spacial score (nSPS) is 10.2. The summed E-state index contributed by atoms with van der Waals surface area (Å²) in [5.41, 5.74) is 5.83. The zero-order chi connectivity index (χ0) is 15.2. The molecule has 1 aromatic heterocycles. The van der Waals surface area contributed by atoms with Gasteiger partial charge in [0.05, 0.1) is 17.1 Å². The fraction of sp³-hybridized carbons (Fsp3) is 0.143. The Hall–Kier alpha value is -1.98. The maximum atomic E-state index is 11.8. The Morgan fingerprint density at radius 2 is 2.14 bits per heavy atom. The third-order valence-electron chi connectivity index (χ3n) is 2.58. The molecule has 3 N–H and O–H groups in total. The molecule has 110 valence electrons. The topological polar surface area (TPSA) is 77.2 Å². The number of carbonyl (C=O) groups excluding carboxylic acids is 1. The minimum atomic E-state index is -0.293. The predicted octanol–water partition coefficient (Wildman–Crippen LogP) is 2.78. The Labute approximate surface area is 132 Å². The van der Waals surface area contributed by atoms with E-state index in [9.17, 15) is 4.79 Å². The van der Waals surface area contributed by atoms with Crippen LogP contribution in [0.2, 0.25) is 10.0 Å². The number of hydrogen-bond donors (Lipinski definition) is 2. The molecule has 0 saturated heterocycles. The lowest BCUT2D eigenvalue weighted by Crippen LogP contribution is -2.28. The van der Waals surface area contributed by atoms with Crippen LogP contribution in [0.3, 0.4) is 0 Å². The summed E-state index contributed by atoms with van der Waals surface area (Å²) >= 11 is 11.6. The number of nitrogens with one attached hydrogen (secondary N) is 1. The van der Waals surface area contributed by atoms with Crippen LogP contribution in [0.15, 0.2) is 36.5 Å². The van der Waals surface area contributed by atoms with Gasteiger partial charge in [-0.15, -0.1) is 0 Å². The SMILES string of the molecule is Nc1ncc(C(=O)NCCOc2cccc(Cl)c2)cc1Cl. The van der Waals surface area contributed by atoms with Gasteiger partial charge >= 0.3 is 0 Å². The largest absolute Gasteiger partial charge is 0.492 e. The Morgan fingerprint density at radius 3 is 2.86 bits per heavy atom. The number of carbonyl (C=O) groups is 1. The van der Waals surface area contributed by atoms with Gasteiger partial charge in [-0.1, -0.05) is 29.3 Å². The molecule has 21 heavy (non-hydrogen) atoms. The Bertz CT molecular complexity index is 650. The standard InChI is InChI=1S/C14H13Cl2N3O2/c15-10-2-1-3-11(7-10)21-5-4-18-14(20)9-6-12(16)13(17)19-8-9/h1-3,6-8H,4-5H2,(H2,17,19)(H,18,20). The number of amides is 1. The van der Waals surface area contributed by atoms with Crippen molar-refractivity contribution in [2.75, 3.05) is 18.9 Å². The smallest absolute Gasteiger partial charge is 0.253 e. The summed E-state index contributed by atoms with van der Waals surface area (Å²) in [6, 6.07) is 8.51. The molecule has 1 heterocycles. The highest BCUT2D eigenvalue weighted by Crippen LogP contribution is 2.17. The molecule has 1 aromatic carbocycles. The number of pyridine rings is 1. The van der Waals surface area contributed by atoms with Gasteiger partial charge in [-0.05, 0) is 24.3 Å². The fourth-order valence-electron chi connectivity index (χ4n) is 1.56. The van der Waals surface area contributed by atoms with E-state index in [1.807, 2.05) is 0 Å².